The van der Waals surface area contributed by atoms with Gasteiger partial charge in [0.05, 0.1) is 0 Å². The minimum atomic E-state index is -1.03. The Balaban J connectivity index is 2.52. The quantitative estimate of drug-likeness (QED) is 0.703. The molecule has 4 N–H and O–H groups in total. The molecule has 0 saturated carbocycles. The number of carbonyl (C=O) groups excluding carboxylic acids is 1. The van der Waals surface area contributed by atoms with E-state index in [1.165, 1.54) is 0 Å². The lowest BCUT2D eigenvalue weighted by Crippen LogP contribution is -2.41. The second kappa shape index (κ2) is 6.76. The van der Waals surface area contributed by atoms with Gasteiger partial charge in [-0.2, -0.15) is 0 Å². The van der Waals surface area contributed by atoms with Crippen molar-refractivity contribution in [3.63, 3.8) is 0 Å². The van der Waals surface area contributed by atoms with Crippen LogP contribution in [0.2, 0.25) is 0 Å². The molecule has 0 bridgehead atoms. The van der Waals surface area contributed by atoms with E-state index < -0.39 is 18.1 Å². The Labute approximate surface area is 106 Å². The van der Waals surface area contributed by atoms with Crippen molar-refractivity contribution in [3.05, 3.63) is 35.9 Å². The molecule has 0 aliphatic rings. The third-order valence-corrected chi connectivity index (χ3v) is 2.67. The molecule has 5 nitrogen and oxygen atoms in total. The SMILES string of the molecule is CC[C@H](NC(=O)CC(N)c1ccccc1)C(=O)O. The third kappa shape index (κ3) is 4.18. The maximum absolute atomic E-state index is 11.6. The molecule has 0 aliphatic heterocycles. The van der Waals surface area contributed by atoms with Gasteiger partial charge in [0, 0.05) is 12.5 Å². The highest BCUT2D eigenvalue weighted by molar-refractivity contribution is 5.83. The summed E-state index contributed by atoms with van der Waals surface area (Å²) in [6.45, 7) is 1.70. The van der Waals surface area contributed by atoms with Crippen molar-refractivity contribution in [1.82, 2.24) is 5.32 Å². The Morgan fingerprint density at radius 1 is 1.33 bits per heavy atom. The third-order valence-electron chi connectivity index (χ3n) is 2.67. The summed E-state index contributed by atoms with van der Waals surface area (Å²) < 4.78 is 0. The zero-order valence-corrected chi connectivity index (χ0v) is 10.3. The monoisotopic (exact) mass is 250 g/mol. The molecule has 0 saturated heterocycles. The van der Waals surface area contributed by atoms with Crippen LogP contribution in [0.1, 0.15) is 31.4 Å². The number of carboxylic acid groups (broad SMARTS) is 1. The molecule has 2 atom stereocenters. The van der Waals surface area contributed by atoms with E-state index in [0.29, 0.717) is 6.42 Å². The van der Waals surface area contributed by atoms with Crippen LogP contribution in [0, 0.1) is 0 Å². The second-order valence-corrected chi connectivity index (χ2v) is 4.09. The molecular formula is C13H18N2O3. The fourth-order valence-corrected chi connectivity index (χ4v) is 1.61. The lowest BCUT2D eigenvalue weighted by atomic mass is 10.0. The molecule has 1 rings (SSSR count). The summed E-state index contributed by atoms with van der Waals surface area (Å²) in [6, 6.07) is 7.98. The van der Waals surface area contributed by atoms with E-state index in [2.05, 4.69) is 5.32 Å². The van der Waals surface area contributed by atoms with Crippen LogP contribution in [0.25, 0.3) is 0 Å². The number of aliphatic carboxylic acids is 1. The molecule has 1 aromatic rings. The predicted octanol–water partition coefficient (Wildman–Crippen LogP) is 1.06. The number of nitrogens with one attached hydrogen (secondary N) is 1. The van der Waals surface area contributed by atoms with Crippen LogP contribution < -0.4 is 11.1 Å². The zero-order valence-electron chi connectivity index (χ0n) is 10.3. The number of rotatable bonds is 6. The molecule has 98 valence electrons. The van der Waals surface area contributed by atoms with Gasteiger partial charge in [0.2, 0.25) is 5.91 Å². The molecule has 5 heteroatoms. The van der Waals surface area contributed by atoms with Crippen molar-refractivity contribution < 1.29 is 14.7 Å². The number of amides is 1. The molecular weight excluding hydrogens is 232 g/mol. The van der Waals surface area contributed by atoms with Gasteiger partial charge in [-0.25, -0.2) is 4.79 Å². The standard InChI is InChI=1S/C13H18N2O3/c1-2-11(13(17)18)15-12(16)8-10(14)9-6-4-3-5-7-9/h3-7,10-11H,2,8,14H2,1H3,(H,15,16)(H,17,18)/t10?,11-/m0/s1. The number of carbonyl (C=O) groups is 2. The Morgan fingerprint density at radius 3 is 2.44 bits per heavy atom. The molecule has 0 heterocycles. The summed E-state index contributed by atoms with van der Waals surface area (Å²) in [6.07, 6.45) is 0.426. The number of carboxylic acids is 1. The average molecular weight is 250 g/mol. The van der Waals surface area contributed by atoms with Crippen LogP contribution in [-0.4, -0.2) is 23.0 Å². The Morgan fingerprint density at radius 2 is 1.94 bits per heavy atom. The summed E-state index contributed by atoms with van der Waals surface area (Å²) in [4.78, 5) is 22.4. The first-order valence-corrected chi connectivity index (χ1v) is 5.87. The van der Waals surface area contributed by atoms with E-state index in [9.17, 15) is 9.59 Å². The first-order valence-electron chi connectivity index (χ1n) is 5.87. The van der Waals surface area contributed by atoms with Gasteiger partial charge in [0.15, 0.2) is 0 Å². The lowest BCUT2D eigenvalue weighted by molar-refractivity contribution is -0.141. The van der Waals surface area contributed by atoms with Gasteiger partial charge in [-0.05, 0) is 12.0 Å². The van der Waals surface area contributed by atoms with E-state index in [0.717, 1.165) is 5.56 Å². The first kappa shape index (κ1) is 14.2. The van der Waals surface area contributed by atoms with Crippen LogP contribution >= 0.6 is 0 Å². The minimum absolute atomic E-state index is 0.0772. The van der Waals surface area contributed by atoms with E-state index in [1.54, 1.807) is 6.92 Å². The Bertz CT molecular complexity index is 406. The summed E-state index contributed by atoms with van der Waals surface area (Å²) >= 11 is 0. The molecule has 0 fully saturated rings. The molecule has 0 aromatic heterocycles. The van der Waals surface area contributed by atoms with Gasteiger partial charge in [-0.15, -0.1) is 0 Å². The fourth-order valence-electron chi connectivity index (χ4n) is 1.61. The van der Waals surface area contributed by atoms with Gasteiger partial charge in [0.25, 0.3) is 0 Å². The number of hydrogen-bond donors (Lipinski definition) is 3. The summed E-state index contributed by atoms with van der Waals surface area (Å²) in [5.41, 5.74) is 6.74. The average Bonchev–Trinajstić information content (AvgIpc) is 2.36. The number of hydrogen-bond acceptors (Lipinski definition) is 3. The van der Waals surface area contributed by atoms with Crippen LogP contribution in [0.3, 0.4) is 0 Å². The predicted molar refractivity (Wildman–Crippen MR) is 67.8 cm³/mol. The molecule has 1 amide bonds. The number of benzene rings is 1. The molecule has 18 heavy (non-hydrogen) atoms. The van der Waals surface area contributed by atoms with Crippen molar-refractivity contribution in [2.75, 3.05) is 0 Å². The van der Waals surface area contributed by atoms with E-state index in [4.69, 9.17) is 10.8 Å². The van der Waals surface area contributed by atoms with Gasteiger partial charge in [-0.1, -0.05) is 37.3 Å². The Hall–Kier alpha value is -1.88. The highest BCUT2D eigenvalue weighted by Crippen LogP contribution is 2.13. The van der Waals surface area contributed by atoms with Gasteiger partial charge < -0.3 is 16.2 Å². The van der Waals surface area contributed by atoms with Crippen LogP contribution in [0.5, 0.6) is 0 Å². The smallest absolute Gasteiger partial charge is 0.326 e. The summed E-state index contributed by atoms with van der Waals surface area (Å²) in [5.74, 6) is -1.38. The first-order chi connectivity index (χ1) is 8.54. The summed E-state index contributed by atoms with van der Waals surface area (Å²) in [5, 5.41) is 11.3. The number of nitrogens with two attached hydrogens (primary N) is 1. The van der Waals surface area contributed by atoms with E-state index in [1.807, 2.05) is 30.3 Å². The van der Waals surface area contributed by atoms with Crippen molar-refractivity contribution in [2.24, 2.45) is 5.73 Å². The minimum Gasteiger partial charge on any atom is -0.480 e. The van der Waals surface area contributed by atoms with Crippen LogP contribution in [0.15, 0.2) is 30.3 Å². The molecule has 0 aliphatic carbocycles. The topological polar surface area (TPSA) is 92.4 Å². The van der Waals surface area contributed by atoms with Crippen molar-refractivity contribution in [3.8, 4) is 0 Å². The normalized spacial score (nSPS) is 13.7. The van der Waals surface area contributed by atoms with Gasteiger partial charge in [0.1, 0.15) is 6.04 Å². The van der Waals surface area contributed by atoms with Crippen molar-refractivity contribution >= 4 is 11.9 Å². The molecule has 0 spiro atoms. The molecule has 1 aromatic carbocycles. The van der Waals surface area contributed by atoms with E-state index >= 15 is 0 Å². The molecule has 0 radical (unpaired) electrons. The maximum atomic E-state index is 11.6. The van der Waals surface area contributed by atoms with E-state index in [-0.39, 0.29) is 12.3 Å². The maximum Gasteiger partial charge on any atom is 0.326 e. The largest absolute Gasteiger partial charge is 0.480 e. The highest BCUT2D eigenvalue weighted by Gasteiger charge is 2.19. The second-order valence-electron chi connectivity index (χ2n) is 4.09. The highest BCUT2D eigenvalue weighted by atomic mass is 16.4. The summed E-state index contributed by atoms with van der Waals surface area (Å²) in [7, 11) is 0. The lowest BCUT2D eigenvalue weighted by Gasteiger charge is -2.15. The Kier molecular flexibility index (Phi) is 5.32. The molecule has 1 unspecified atom stereocenters. The fraction of sp³-hybridized carbons (Fsp3) is 0.385. The van der Waals surface area contributed by atoms with Gasteiger partial charge >= 0.3 is 5.97 Å². The van der Waals surface area contributed by atoms with Crippen LogP contribution in [0.4, 0.5) is 0 Å². The zero-order chi connectivity index (χ0) is 13.5. The van der Waals surface area contributed by atoms with Crippen molar-refractivity contribution in [2.45, 2.75) is 31.8 Å². The van der Waals surface area contributed by atoms with Crippen molar-refractivity contribution in [1.29, 1.82) is 0 Å². The van der Waals surface area contributed by atoms with Crippen LogP contribution in [-0.2, 0) is 9.59 Å². The van der Waals surface area contributed by atoms with Gasteiger partial charge in [-0.3, -0.25) is 4.79 Å².